The van der Waals surface area contributed by atoms with Crippen LogP contribution in [0.1, 0.15) is 51.3 Å². The predicted molar refractivity (Wildman–Crippen MR) is 163 cm³/mol. The molecule has 5 heterocycles. The number of nitrogens with zero attached hydrogens (tertiary/aromatic N) is 7. The molecule has 254 valence electrons. The first kappa shape index (κ1) is 34.1. The molecule has 0 atom stereocenters. The molecule has 2 amide bonds. The van der Waals surface area contributed by atoms with E-state index in [4.69, 9.17) is 21.1 Å². The van der Waals surface area contributed by atoms with Crippen molar-refractivity contribution in [1.82, 2.24) is 29.0 Å². The van der Waals surface area contributed by atoms with Gasteiger partial charge >= 0.3 is 12.3 Å². The summed E-state index contributed by atoms with van der Waals surface area (Å²) in [6, 6.07) is 0.445. The fraction of sp³-hybridized carbons (Fsp3) is 0.517. The molecule has 13 nitrogen and oxygen atoms in total. The molecule has 18 heteroatoms. The van der Waals surface area contributed by atoms with Gasteiger partial charge in [0, 0.05) is 32.2 Å². The maximum atomic E-state index is 14.3. The Morgan fingerprint density at radius 3 is 2.43 bits per heavy atom. The van der Waals surface area contributed by atoms with Gasteiger partial charge in [0.25, 0.3) is 5.56 Å². The van der Waals surface area contributed by atoms with Gasteiger partial charge in [0.05, 0.1) is 24.6 Å². The molecule has 0 spiro atoms. The Morgan fingerprint density at radius 2 is 1.83 bits per heavy atom. The number of amides is 2. The summed E-state index contributed by atoms with van der Waals surface area (Å²) in [5, 5.41) is 6.04. The maximum absolute atomic E-state index is 14.3. The van der Waals surface area contributed by atoms with Gasteiger partial charge in [0.15, 0.2) is 22.5 Å². The fourth-order valence-electron chi connectivity index (χ4n) is 5.32. The van der Waals surface area contributed by atoms with Crippen LogP contribution in [-0.4, -0.2) is 86.0 Å². The summed E-state index contributed by atoms with van der Waals surface area (Å²) in [4.78, 5) is 51.1. The molecule has 0 aliphatic carbocycles. The zero-order valence-corrected chi connectivity index (χ0v) is 26.8. The SMILES string of the molecule is CCc1c(N2CCN(C(=O)OC(C)(C)C)CC2)c(=O)n2nc(C3=CCOCC3)nc2n1CC(=O)Nc1cc(F)c(C(F)(F)F)nc1Cl. The first-order valence-corrected chi connectivity index (χ1v) is 15.2. The second-order valence-electron chi connectivity index (χ2n) is 11.9. The van der Waals surface area contributed by atoms with Crippen LogP contribution in [-0.2, 0) is 33.4 Å². The molecule has 5 rings (SSSR count). The van der Waals surface area contributed by atoms with Crippen LogP contribution in [0.5, 0.6) is 0 Å². The number of hydrogen-bond acceptors (Lipinski definition) is 9. The number of hydrogen-bond donors (Lipinski definition) is 1. The number of piperazine rings is 1. The number of halogens is 5. The van der Waals surface area contributed by atoms with Gasteiger partial charge in [0.1, 0.15) is 17.8 Å². The van der Waals surface area contributed by atoms with Crippen molar-refractivity contribution in [3.8, 4) is 0 Å². The molecule has 1 saturated heterocycles. The van der Waals surface area contributed by atoms with Crippen LogP contribution < -0.4 is 15.8 Å². The number of nitrogens with one attached hydrogen (secondary N) is 1. The van der Waals surface area contributed by atoms with Crippen LogP contribution in [0.15, 0.2) is 16.9 Å². The smallest absolute Gasteiger partial charge is 0.436 e. The molecule has 0 radical (unpaired) electrons. The first-order valence-electron chi connectivity index (χ1n) is 14.8. The number of aromatic nitrogens is 5. The van der Waals surface area contributed by atoms with E-state index in [1.165, 1.54) is 4.57 Å². The van der Waals surface area contributed by atoms with E-state index < -0.39 is 58.2 Å². The highest BCUT2D eigenvalue weighted by Crippen LogP contribution is 2.33. The molecule has 0 bridgehead atoms. The minimum Gasteiger partial charge on any atom is -0.444 e. The second kappa shape index (κ2) is 13.1. The van der Waals surface area contributed by atoms with Crippen LogP contribution in [0.3, 0.4) is 0 Å². The van der Waals surface area contributed by atoms with Crippen LogP contribution in [0.2, 0.25) is 5.15 Å². The number of anilines is 2. The molecule has 3 aromatic heterocycles. The van der Waals surface area contributed by atoms with E-state index in [0.717, 1.165) is 10.1 Å². The number of rotatable bonds is 6. The zero-order chi connectivity index (χ0) is 34.3. The summed E-state index contributed by atoms with van der Waals surface area (Å²) >= 11 is 5.89. The minimum absolute atomic E-state index is 0.0448. The lowest BCUT2D eigenvalue weighted by Gasteiger charge is -2.37. The third-order valence-electron chi connectivity index (χ3n) is 7.43. The average molecular weight is 685 g/mol. The Labute approximate surface area is 271 Å². The molecule has 2 aliphatic rings. The average Bonchev–Trinajstić information content (AvgIpc) is 3.45. The van der Waals surface area contributed by atoms with Crippen molar-refractivity contribution in [3.05, 3.63) is 50.7 Å². The van der Waals surface area contributed by atoms with Gasteiger partial charge in [-0.1, -0.05) is 24.6 Å². The molecular weight excluding hydrogens is 652 g/mol. The lowest BCUT2D eigenvalue weighted by atomic mass is 10.1. The van der Waals surface area contributed by atoms with Crippen LogP contribution >= 0.6 is 11.6 Å². The quantitative estimate of drug-likeness (QED) is 0.300. The lowest BCUT2D eigenvalue weighted by molar-refractivity contribution is -0.143. The van der Waals surface area contributed by atoms with E-state index in [1.807, 2.05) is 0 Å². The number of alkyl halides is 3. The van der Waals surface area contributed by atoms with Crippen LogP contribution in [0.4, 0.5) is 33.7 Å². The highest BCUT2D eigenvalue weighted by molar-refractivity contribution is 6.32. The van der Waals surface area contributed by atoms with Crippen molar-refractivity contribution in [1.29, 1.82) is 0 Å². The van der Waals surface area contributed by atoms with Gasteiger partial charge < -0.3 is 29.2 Å². The zero-order valence-electron chi connectivity index (χ0n) is 26.1. The summed E-state index contributed by atoms with van der Waals surface area (Å²) in [6.45, 7) is 8.43. The molecule has 0 aromatic carbocycles. The minimum atomic E-state index is -5.09. The summed E-state index contributed by atoms with van der Waals surface area (Å²) in [5.74, 6) is -2.20. The summed E-state index contributed by atoms with van der Waals surface area (Å²) in [5.41, 5.74) is -2.03. The molecular formula is C29H33ClF4N8O5. The second-order valence-corrected chi connectivity index (χ2v) is 12.3. The van der Waals surface area contributed by atoms with Crippen molar-refractivity contribution in [2.24, 2.45) is 0 Å². The number of ether oxygens (including phenoxy) is 2. The van der Waals surface area contributed by atoms with Gasteiger partial charge in [-0.25, -0.2) is 14.2 Å². The van der Waals surface area contributed by atoms with Crippen molar-refractivity contribution >= 4 is 46.3 Å². The Kier molecular flexibility index (Phi) is 9.50. The van der Waals surface area contributed by atoms with E-state index >= 15 is 0 Å². The van der Waals surface area contributed by atoms with Gasteiger partial charge in [-0.05, 0) is 39.2 Å². The molecule has 0 saturated carbocycles. The molecule has 3 aromatic rings. The Hall–Kier alpha value is -4.25. The third kappa shape index (κ3) is 7.35. The number of pyridine rings is 1. The van der Waals surface area contributed by atoms with E-state index in [9.17, 15) is 31.9 Å². The highest BCUT2D eigenvalue weighted by atomic mass is 35.5. The largest absolute Gasteiger partial charge is 0.444 e. The van der Waals surface area contributed by atoms with Crippen molar-refractivity contribution in [2.45, 2.75) is 58.9 Å². The van der Waals surface area contributed by atoms with E-state index in [2.05, 4.69) is 20.4 Å². The summed E-state index contributed by atoms with van der Waals surface area (Å²) in [7, 11) is 0. The Bertz CT molecular complexity index is 1790. The van der Waals surface area contributed by atoms with E-state index in [1.54, 1.807) is 43.6 Å². The molecule has 47 heavy (non-hydrogen) atoms. The Morgan fingerprint density at radius 1 is 1.13 bits per heavy atom. The highest BCUT2D eigenvalue weighted by Gasteiger charge is 2.37. The van der Waals surface area contributed by atoms with Crippen molar-refractivity contribution in [2.75, 3.05) is 49.6 Å². The van der Waals surface area contributed by atoms with Gasteiger partial charge in [-0.2, -0.15) is 22.7 Å². The molecule has 2 aliphatic heterocycles. The van der Waals surface area contributed by atoms with E-state index in [0.29, 0.717) is 31.4 Å². The Balaban J connectivity index is 1.52. The normalized spacial score (nSPS) is 16.0. The first-order chi connectivity index (χ1) is 22.1. The third-order valence-corrected chi connectivity index (χ3v) is 7.72. The predicted octanol–water partition coefficient (Wildman–Crippen LogP) is 4.16. The molecule has 1 fully saturated rings. The van der Waals surface area contributed by atoms with Crippen molar-refractivity contribution < 1.29 is 36.6 Å². The number of fused-ring (bicyclic) bond motifs is 1. The topological polar surface area (TPSA) is 136 Å². The van der Waals surface area contributed by atoms with Gasteiger partial charge in [-0.15, -0.1) is 5.10 Å². The lowest BCUT2D eigenvalue weighted by Crippen LogP contribution is -2.51. The van der Waals surface area contributed by atoms with Crippen molar-refractivity contribution in [3.63, 3.8) is 0 Å². The van der Waals surface area contributed by atoms with Crippen LogP contribution in [0.25, 0.3) is 11.4 Å². The number of carbonyl (C=O) groups excluding carboxylic acids is 2. The van der Waals surface area contributed by atoms with Crippen LogP contribution in [0, 0.1) is 5.82 Å². The monoisotopic (exact) mass is 684 g/mol. The molecule has 0 unspecified atom stereocenters. The van der Waals surface area contributed by atoms with E-state index in [-0.39, 0.29) is 49.9 Å². The number of carbonyl (C=O) groups is 2. The molecule has 1 N–H and O–H groups in total. The van der Waals surface area contributed by atoms with Gasteiger partial charge in [-0.3, -0.25) is 9.59 Å². The maximum Gasteiger partial charge on any atom is 0.436 e. The standard InChI is InChI=1S/C29H33ClF4N8O5/c1-5-19-21(39-8-10-40(11-9-39)27(45)47-28(2,3)4)25(44)42-26(37-24(38-42)16-6-12-46-13-7-16)41(19)15-20(43)35-18-14-17(31)22(29(32,33)34)36-23(18)30/h6,14H,5,7-13,15H2,1-4H3,(H,35,43). The fourth-order valence-corrected chi connectivity index (χ4v) is 5.51. The summed E-state index contributed by atoms with van der Waals surface area (Å²) in [6.07, 6.45) is -3.01. The summed E-state index contributed by atoms with van der Waals surface area (Å²) < 4.78 is 67.0. The van der Waals surface area contributed by atoms with Gasteiger partial charge in [0.2, 0.25) is 11.7 Å².